The molecule has 0 bridgehead atoms. The van der Waals surface area contributed by atoms with Crippen molar-refractivity contribution in [3.63, 3.8) is 0 Å². The second-order valence-electron chi connectivity index (χ2n) is 4.83. The number of Topliss-reactive ketones (excluding diaryl/α,β-unsaturated/α-hetero) is 1. The van der Waals surface area contributed by atoms with E-state index in [1.165, 1.54) is 6.07 Å². The molecule has 1 amide bonds. The summed E-state index contributed by atoms with van der Waals surface area (Å²) in [7, 11) is 0. The van der Waals surface area contributed by atoms with Gasteiger partial charge in [-0.15, -0.1) is 11.3 Å². The molecular weight excluding hydrogens is 341 g/mol. The van der Waals surface area contributed by atoms with Crippen LogP contribution in [-0.4, -0.2) is 23.6 Å². The van der Waals surface area contributed by atoms with Crippen molar-refractivity contribution < 1.29 is 22.8 Å². The zero-order chi connectivity index (χ0) is 17.6. The van der Waals surface area contributed by atoms with Crippen molar-refractivity contribution >= 4 is 28.7 Å². The van der Waals surface area contributed by atoms with Crippen LogP contribution in [0.15, 0.2) is 52.9 Å². The number of hydrogen-bond acceptors (Lipinski definition) is 4. The summed E-state index contributed by atoms with van der Waals surface area (Å²) in [5.41, 5.74) is 1.18. The molecular formula is C16H13F3N2O2S. The molecule has 0 unspecified atom stereocenters. The van der Waals surface area contributed by atoms with E-state index in [0.717, 1.165) is 11.3 Å². The topological polar surface area (TPSA) is 58.5 Å². The second-order valence-corrected chi connectivity index (χ2v) is 5.78. The number of alkyl halides is 3. The van der Waals surface area contributed by atoms with Gasteiger partial charge in [0.05, 0.1) is 17.7 Å². The maximum atomic E-state index is 13.0. The lowest BCUT2D eigenvalue weighted by Crippen LogP contribution is -2.30. The Morgan fingerprint density at radius 2 is 1.79 bits per heavy atom. The van der Waals surface area contributed by atoms with Gasteiger partial charge in [-0.3, -0.25) is 9.59 Å². The summed E-state index contributed by atoms with van der Waals surface area (Å²) in [5.74, 6) is -1.38. The van der Waals surface area contributed by atoms with Crippen LogP contribution in [0, 0.1) is 0 Å². The van der Waals surface area contributed by atoms with Crippen LogP contribution in [0.25, 0.3) is 0 Å². The fourth-order valence-corrected chi connectivity index (χ4v) is 2.49. The van der Waals surface area contributed by atoms with Crippen LogP contribution >= 0.6 is 11.3 Å². The summed E-state index contributed by atoms with van der Waals surface area (Å²) < 4.78 is 38.9. The average Bonchev–Trinajstić information content (AvgIpc) is 3.05. The maximum absolute atomic E-state index is 13.0. The van der Waals surface area contributed by atoms with Crippen LogP contribution in [0.3, 0.4) is 0 Å². The van der Waals surface area contributed by atoms with Crippen molar-refractivity contribution in [2.24, 2.45) is 5.10 Å². The van der Waals surface area contributed by atoms with Gasteiger partial charge in [-0.2, -0.15) is 18.3 Å². The van der Waals surface area contributed by atoms with Gasteiger partial charge in [-0.1, -0.05) is 36.4 Å². The molecule has 0 saturated heterocycles. The van der Waals surface area contributed by atoms with E-state index in [9.17, 15) is 22.8 Å². The number of nitrogens with zero attached hydrogens (tertiary/aromatic N) is 1. The molecule has 0 radical (unpaired) electrons. The molecule has 1 aromatic carbocycles. The highest BCUT2D eigenvalue weighted by Crippen LogP contribution is 2.22. The monoisotopic (exact) mass is 354 g/mol. The second kappa shape index (κ2) is 7.87. The Morgan fingerprint density at radius 1 is 1.08 bits per heavy atom. The molecule has 0 spiro atoms. The summed E-state index contributed by atoms with van der Waals surface area (Å²) in [5, 5.41) is 4.71. The van der Waals surface area contributed by atoms with Crippen molar-refractivity contribution in [1.29, 1.82) is 0 Å². The predicted molar refractivity (Wildman–Crippen MR) is 85.0 cm³/mol. The number of hydrogen-bond donors (Lipinski definition) is 1. The van der Waals surface area contributed by atoms with Crippen LogP contribution in [0.2, 0.25) is 0 Å². The maximum Gasteiger partial charge on any atom is 0.431 e. The third-order valence-corrected chi connectivity index (χ3v) is 3.89. The molecule has 4 nitrogen and oxygen atoms in total. The van der Waals surface area contributed by atoms with Crippen molar-refractivity contribution in [3.8, 4) is 0 Å². The summed E-state index contributed by atoms with van der Waals surface area (Å²) in [6, 6.07) is 11.6. The molecule has 126 valence electrons. The van der Waals surface area contributed by atoms with Crippen molar-refractivity contribution in [2.75, 3.05) is 0 Å². The SMILES string of the molecule is O=C(Cc1ccccc1)N/N=C(/CC(=O)c1cccs1)C(F)(F)F. The minimum atomic E-state index is -4.80. The van der Waals surface area contributed by atoms with E-state index in [4.69, 9.17) is 0 Å². The number of rotatable bonds is 6. The van der Waals surface area contributed by atoms with Gasteiger partial charge in [0, 0.05) is 0 Å². The molecule has 8 heteroatoms. The van der Waals surface area contributed by atoms with E-state index < -0.39 is 30.0 Å². The molecule has 2 rings (SSSR count). The van der Waals surface area contributed by atoms with E-state index in [2.05, 4.69) is 5.10 Å². The van der Waals surface area contributed by atoms with Gasteiger partial charge in [-0.25, -0.2) is 5.43 Å². The Kier molecular flexibility index (Phi) is 5.86. The van der Waals surface area contributed by atoms with Crippen molar-refractivity contribution in [1.82, 2.24) is 5.43 Å². The first-order valence-corrected chi connectivity index (χ1v) is 7.77. The Balaban J connectivity index is 2.03. The van der Waals surface area contributed by atoms with Gasteiger partial charge in [-0.05, 0) is 17.0 Å². The summed E-state index contributed by atoms with van der Waals surface area (Å²) in [6.45, 7) is 0. The highest BCUT2D eigenvalue weighted by molar-refractivity contribution is 7.12. The van der Waals surface area contributed by atoms with E-state index >= 15 is 0 Å². The van der Waals surface area contributed by atoms with E-state index in [0.29, 0.717) is 5.56 Å². The zero-order valence-corrected chi connectivity index (χ0v) is 13.2. The number of ketones is 1. The van der Waals surface area contributed by atoms with Crippen molar-refractivity contribution in [2.45, 2.75) is 19.0 Å². The van der Waals surface area contributed by atoms with Gasteiger partial charge in [0.2, 0.25) is 5.91 Å². The molecule has 0 atom stereocenters. The third kappa shape index (κ3) is 5.31. The minimum Gasteiger partial charge on any atom is -0.293 e. The number of amides is 1. The van der Waals surface area contributed by atoms with Gasteiger partial charge in [0.15, 0.2) is 5.78 Å². The van der Waals surface area contributed by atoms with E-state index in [1.807, 2.05) is 5.43 Å². The molecule has 1 aromatic heterocycles. The summed E-state index contributed by atoms with van der Waals surface area (Å²) in [6.07, 6.45) is -5.82. The molecule has 0 aliphatic carbocycles. The molecule has 0 fully saturated rings. The molecule has 24 heavy (non-hydrogen) atoms. The number of carbonyl (C=O) groups is 2. The van der Waals surface area contributed by atoms with Crippen molar-refractivity contribution in [3.05, 3.63) is 58.3 Å². The normalized spacial score (nSPS) is 12.0. The minimum absolute atomic E-state index is 0.103. The number of nitrogens with one attached hydrogen (secondary N) is 1. The van der Waals surface area contributed by atoms with E-state index in [-0.39, 0.29) is 11.3 Å². The highest BCUT2D eigenvalue weighted by atomic mass is 32.1. The largest absolute Gasteiger partial charge is 0.431 e. The smallest absolute Gasteiger partial charge is 0.293 e. The average molecular weight is 354 g/mol. The molecule has 0 saturated carbocycles. The fourth-order valence-electron chi connectivity index (χ4n) is 1.83. The van der Waals surface area contributed by atoms with Crippen LogP contribution < -0.4 is 5.43 Å². The number of halogens is 3. The quantitative estimate of drug-likeness (QED) is 0.490. The Labute approximate surface area is 140 Å². The first-order chi connectivity index (χ1) is 11.4. The predicted octanol–water partition coefficient (Wildman–Crippen LogP) is 3.60. The van der Waals surface area contributed by atoms with Gasteiger partial charge >= 0.3 is 6.18 Å². The highest BCUT2D eigenvalue weighted by Gasteiger charge is 2.37. The van der Waals surface area contributed by atoms with Gasteiger partial charge in [0.25, 0.3) is 0 Å². The zero-order valence-electron chi connectivity index (χ0n) is 12.3. The first kappa shape index (κ1) is 17.9. The molecule has 0 aliphatic rings. The van der Waals surface area contributed by atoms with E-state index in [1.54, 1.807) is 41.8 Å². The molecule has 1 N–H and O–H groups in total. The third-order valence-electron chi connectivity index (χ3n) is 2.97. The standard InChI is InChI=1S/C16H13F3N2O2S/c17-16(18,19)14(10-12(22)13-7-4-8-24-13)20-21-15(23)9-11-5-2-1-3-6-11/h1-8H,9-10H2,(H,21,23)/b20-14-. The number of thiophene rings is 1. The molecule has 0 aliphatic heterocycles. The summed E-state index contributed by atoms with van der Waals surface area (Å²) in [4.78, 5) is 23.7. The van der Waals surface area contributed by atoms with Crippen LogP contribution in [0.1, 0.15) is 21.7 Å². The Bertz CT molecular complexity index is 726. The lowest BCUT2D eigenvalue weighted by atomic mass is 10.1. The van der Waals surface area contributed by atoms with Gasteiger partial charge in [0.1, 0.15) is 5.71 Å². The lowest BCUT2D eigenvalue weighted by Gasteiger charge is -2.10. The molecule has 2 aromatic rings. The number of carbonyl (C=O) groups excluding carboxylic acids is 2. The fraction of sp³-hybridized carbons (Fsp3) is 0.188. The molecule has 1 heterocycles. The number of hydrazone groups is 1. The van der Waals surface area contributed by atoms with Crippen LogP contribution in [0.4, 0.5) is 13.2 Å². The summed E-state index contributed by atoms with van der Waals surface area (Å²) >= 11 is 1.05. The Hall–Kier alpha value is -2.48. The lowest BCUT2D eigenvalue weighted by molar-refractivity contribution is -0.120. The Morgan fingerprint density at radius 3 is 2.38 bits per heavy atom. The van der Waals surface area contributed by atoms with Crippen LogP contribution in [-0.2, 0) is 11.2 Å². The van der Waals surface area contributed by atoms with Gasteiger partial charge < -0.3 is 0 Å². The number of benzene rings is 1. The first-order valence-electron chi connectivity index (χ1n) is 6.89. The van der Waals surface area contributed by atoms with Crippen LogP contribution in [0.5, 0.6) is 0 Å².